The van der Waals surface area contributed by atoms with E-state index in [1.807, 2.05) is 12.1 Å². The van der Waals surface area contributed by atoms with Crippen LogP contribution in [0.1, 0.15) is 0 Å². The average Bonchev–Trinajstić information content (AvgIpc) is 3.70. The fourth-order valence-electron chi connectivity index (χ4n) is 7.42. The molecule has 0 aliphatic heterocycles. The van der Waals surface area contributed by atoms with Crippen LogP contribution in [0.3, 0.4) is 0 Å². The Bertz CT molecular complexity index is 2810. The van der Waals surface area contributed by atoms with Crippen molar-refractivity contribution in [1.29, 1.82) is 0 Å². The first-order chi connectivity index (χ1) is 24.3. The number of anilines is 3. The van der Waals surface area contributed by atoms with Crippen LogP contribution in [0.4, 0.5) is 17.1 Å². The highest BCUT2D eigenvalue weighted by molar-refractivity contribution is 6.13. The number of aromatic nitrogens is 1. The van der Waals surface area contributed by atoms with Gasteiger partial charge in [0.25, 0.3) is 0 Å². The molecule has 0 fully saturated rings. The summed E-state index contributed by atoms with van der Waals surface area (Å²) in [6.07, 6.45) is 0. The second kappa shape index (κ2) is 11.0. The van der Waals surface area contributed by atoms with Crippen LogP contribution in [-0.2, 0) is 0 Å². The molecule has 0 saturated heterocycles. The monoisotopic (exact) mass is 626 g/mol. The SMILES string of the molecule is c1ccc(-c2ccc(N(c3ccc(-n4c5ccccc5c5cc6ccccc6cc54)cc3)c3ccc4oc5ccccc5c4c3)cc2)cc1. The fourth-order valence-corrected chi connectivity index (χ4v) is 7.42. The van der Waals surface area contributed by atoms with E-state index in [9.17, 15) is 0 Å². The topological polar surface area (TPSA) is 21.3 Å². The van der Waals surface area contributed by atoms with Crippen LogP contribution in [0.15, 0.2) is 186 Å². The van der Waals surface area contributed by atoms with Gasteiger partial charge in [0.05, 0.1) is 11.0 Å². The van der Waals surface area contributed by atoms with Crippen molar-refractivity contribution in [3.8, 4) is 16.8 Å². The highest BCUT2D eigenvalue weighted by Gasteiger charge is 2.18. The zero-order valence-corrected chi connectivity index (χ0v) is 26.6. The molecule has 10 aromatic rings. The van der Waals surface area contributed by atoms with E-state index >= 15 is 0 Å². The second-order valence-electron chi connectivity index (χ2n) is 12.6. The summed E-state index contributed by atoms with van der Waals surface area (Å²) in [5.74, 6) is 0. The third-order valence-electron chi connectivity index (χ3n) is 9.76. The maximum atomic E-state index is 6.20. The third kappa shape index (κ3) is 4.51. The predicted octanol–water partition coefficient (Wildman–Crippen LogP) is 13.0. The summed E-state index contributed by atoms with van der Waals surface area (Å²) in [6.45, 7) is 0. The molecule has 0 bridgehead atoms. The van der Waals surface area contributed by atoms with Crippen LogP contribution >= 0.6 is 0 Å². The van der Waals surface area contributed by atoms with Gasteiger partial charge in [0, 0.05) is 44.3 Å². The molecule has 0 saturated carbocycles. The lowest BCUT2D eigenvalue weighted by molar-refractivity contribution is 0.669. The number of benzene rings is 8. The molecule has 3 nitrogen and oxygen atoms in total. The molecule has 230 valence electrons. The van der Waals surface area contributed by atoms with E-state index in [0.717, 1.165) is 44.7 Å². The van der Waals surface area contributed by atoms with Crippen LogP contribution in [0.5, 0.6) is 0 Å². The lowest BCUT2D eigenvalue weighted by Gasteiger charge is -2.26. The van der Waals surface area contributed by atoms with Crippen LogP contribution in [0, 0.1) is 0 Å². The molecule has 2 heterocycles. The van der Waals surface area contributed by atoms with Gasteiger partial charge in [-0.25, -0.2) is 0 Å². The summed E-state index contributed by atoms with van der Waals surface area (Å²) in [5, 5.41) is 7.24. The minimum atomic E-state index is 0.888. The number of hydrogen-bond donors (Lipinski definition) is 0. The summed E-state index contributed by atoms with van der Waals surface area (Å²) in [7, 11) is 0. The molecule has 0 radical (unpaired) electrons. The lowest BCUT2D eigenvalue weighted by Crippen LogP contribution is -2.10. The molecule has 0 unspecified atom stereocenters. The van der Waals surface area contributed by atoms with Crippen LogP contribution in [0.25, 0.3) is 71.3 Å². The Morgan fingerprint density at radius 3 is 1.76 bits per heavy atom. The maximum absolute atomic E-state index is 6.20. The lowest BCUT2D eigenvalue weighted by atomic mass is 10.0. The van der Waals surface area contributed by atoms with Gasteiger partial charge >= 0.3 is 0 Å². The van der Waals surface area contributed by atoms with Gasteiger partial charge in [-0.05, 0) is 101 Å². The van der Waals surface area contributed by atoms with Crippen molar-refractivity contribution in [1.82, 2.24) is 4.57 Å². The number of fused-ring (bicyclic) bond motifs is 7. The summed E-state index contributed by atoms with van der Waals surface area (Å²) < 4.78 is 8.59. The number of nitrogens with zero attached hydrogens (tertiary/aromatic N) is 2. The Balaban J connectivity index is 1.13. The van der Waals surface area contributed by atoms with Gasteiger partial charge in [-0.3, -0.25) is 0 Å². The van der Waals surface area contributed by atoms with Crippen molar-refractivity contribution < 1.29 is 4.42 Å². The van der Waals surface area contributed by atoms with Crippen molar-refractivity contribution in [2.45, 2.75) is 0 Å². The Labute approximate surface area is 283 Å². The number of hydrogen-bond acceptors (Lipinski definition) is 2. The first-order valence-corrected chi connectivity index (χ1v) is 16.7. The molecule has 49 heavy (non-hydrogen) atoms. The van der Waals surface area contributed by atoms with Crippen LogP contribution in [0.2, 0.25) is 0 Å². The molecule has 0 aliphatic carbocycles. The summed E-state index contributed by atoms with van der Waals surface area (Å²) in [4.78, 5) is 2.33. The Hall–Kier alpha value is -6.58. The van der Waals surface area contributed by atoms with E-state index in [4.69, 9.17) is 4.42 Å². The molecular formula is C46H30N2O. The van der Waals surface area contributed by atoms with Crippen molar-refractivity contribution in [2.24, 2.45) is 0 Å². The first-order valence-electron chi connectivity index (χ1n) is 16.7. The van der Waals surface area contributed by atoms with Crippen LogP contribution < -0.4 is 4.90 Å². The van der Waals surface area contributed by atoms with Gasteiger partial charge in [0.1, 0.15) is 11.2 Å². The molecule has 0 N–H and O–H groups in total. The standard InChI is InChI=1S/C46H30N2O/c1-2-10-31(11-3-1)32-18-20-35(21-19-32)47(38-26-27-46-42(30-38)40-15-7-9-17-45(40)49-46)36-22-24-37(25-23-36)48-43-16-8-6-14-39(43)41-28-33-12-4-5-13-34(33)29-44(41)48/h1-30H. The van der Waals surface area contributed by atoms with Crippen molar-refractivity contribution in [2.75, 3.05) is 4.90 Å². The van der Waals surface area contributed by atoms with E-state index in [1.54, 1.807) is 0 Å². The van der Waals surface area contributed by atoms with Gasteiger partial charge in [-0.1, -0.05) is 103 Å². The zero-order valence-electron chi connectivity index (χ0n) is 26.6. The summed E-state index contributed by atoms with van der Waals surface area (Å²) >= 11 is 0. The van der Waals surface area contributed by atoms with Gasteiger partial charge < -0.3 is 13.9 Å². The van der Waals surface area contributed by atoms with E-state index < -0.39 is 0 Å². The molecular weight excluding hydrogens is 597 g/mol. The highest BCUT2D eigenvalue weighted by Crippen LogP contribution is 2.40. The minimum Gasteiger partial charge on any atom is -0.456 e. The molecule has 10 rings (SSSR count). The predicted molar refractivity (Wildman–Crippen MR) is 206 cm³/mol. The first kappa shape index (κ1) is 27.5. The summed E-state index contributed by atoms with van der Waals surface area (Å²) in [5.41, 5.74) is 10.9. The van der Waals surface area contributed by atoms with E-state index in [1.165, 1.54) is 43.7 Å². The number of rotatable bonds is 5. The normalized spacial score (nSPS) is 11.7. The Morgan fingerprint density at radius 1 is 0.367 bits per heavy atom. The molecule has 0 aliphatic rings. The van der Waals surface area contributed by atoms with Gasteiger partial charge in [0.15, 0.2) is 0 Å². The highest BCUT2D eigenvalue weighted by atomic mass is 16.3. The number of para-hydroxylation sites is 2. The van der Waals surface area contributed by atoms with Gasteiger partial charge in [-0.15, -0.1) is 0 Å². The fraction of sp³-hybridized carbons (Fsp3) is 0. The zero-order chi connectivity index (χ0) is 32.3. The molecule has 0 amide bonds. The van der Waals surface area contributed by atoms with E-state index in [2.05, 4.69) is 179 Å². The van der Waals surface area contributed by atoms with Crippen molar-refractivity contribution >= 4 is 71.6 Å². The third-order valence-corrected chi connectivity index (χ3v) is 9.76. The molecule has 0 atom stereocenters. The van der Waals surface area contributed by atoms with E-state index in [-0.39, 0.29) is 0 Å². The molecule has 0 spiro atoms. The Morgan fingerprint density at radius 2 is 0.959 bits per heavy atom. The van der Waals surface area contributed by atoms with Crippen LogP contribution in [-0.4, -0.2) is 4.57 Å². The average molecular weight is 627 g/mol. The maximum Gasteiger partial charge on any atom is 0.135 e. The quantitative estimate of drug-likeness (QED) is 0.190. The minimum absolute atomic E-state index is 0.888. The van der Waals surface area contributed by atoms with Crippen molar-refractivity contribution in [3.63, 3.8) is 0 Å². The van der Waals surface area contributed by atoms with Gasteiger partial charge in [-0.2, -0.15) is 0 Å². The Kier molecular flexibility index (Phi) is 6.18. The number of furan rings is 1. The molecule has 2 aromatic heterocycles. The molecule has 8 aromatic carbocycles. The van der Waals surface area contributed by atoms with Gasteiger partial charge in [0.2, 0.25) is 0 Å². The largest absolute Gasteiger partial charge is 0.456 e. The second-order valence-corrected chi connectivity index (χ2v) is 12.6. The van der Waals surface area contributed by atoms with Crippen molar-refractivity contribution in [3.05, 3.63) is 182 Å². The van der Waals surface area contributed by atoms with E-state index in [0.29, 0.717) is 0 Å². The summed E-state index contributed by atoms with van der Waals surface area (Å²) in [6, 6.07) is 65.1. The molecule has 3 heteroatoms. The smallest absolute Gasteiger partial charge is 0.135 e.